The maximum atomic E-state index is 10.8. The molecule has 0 fully saturated rings. The highest BCUT2D eigenvalue weighted by Crippen LogP contribution is 2.21. The first-order valence-corrected chi connectivity index (χ1v) is 20.8. The Morgan fingerprint density at radius 3 is 1.26 bits per heavy atom. The van der Waals surface area contributed by atoms with Gasteiger partial charge in [-0.2, -0.15) is 0 Å². The number of nitrogen functional groups attached to an aromatic ring is 5. The average molecular weight is 944 g/mol. The van der Waals surface area contributed by atoms with Crippen LogP contribution < -0.4 is 28.7 Å². The number of ether oxygens (including phenoxy) is 4. The number of hydrogen-bond donors (Lipinski definition) is 11. The molecule has 0 aliphatic rings. The van der Waals surface area contributed by atoms with E-state index in [0.29, 0.717) is 65.5 Å². The number of nitrogens with two attached hydrogens (primary N) is 5. The first-order chi connectivity index (χ1) is 32.2. The van der Waals surface area contributed by atoms with Gasteiger partial charge in [0.2, 0.25) is 0 Å². The number of carboxylic acids is 3. The second kappa shape index (κ2) is 31.3. The molecule has 18 heteroatoms. The standard InChI is InChI=1S/C11H15NO2.2C10H13NO3.C10H13NO2.C9H11NO3/c1-8(13)11(14-2)7-9-3-5-10(12)6-4-9;1-2-14-9(10(12)13)7-3-5-8(11)6-4-7;1-2-14-9(10(12)13)7-4-3-5-8(11)6-7;1-7(12)10(13)6-8-3-2-4-9(11)5-8;1-13-8(9(11)12)6-2-4-7(10)5-3-6/h3-6,11,13H,1,7,12H2,2H3;2*3-6,9H,2,11H2,1H3,(H,12,13);2-5,10,12-13H,1,6,11H2;2-5,8H,10H2,1H3,(H,11,12). The van der Waals surface area contributed by atoms with Gasteiger partial charge in [0.25, 0.3) is 0 Å². The van der Waals surface area contributed by atoms with Crippen molar-refractivity contribution in [2.45, 2.75) is 57.2 Å². The normalized spacial score (nSPS) is 12.4. The van der Waals surface area contributed by atoms with E-state index in [1.807, 2.05) is 30.3 Å². The lowest BCUT2D eigenvalue weighted by Crippen LogP contribution is -2.16. The summed E-state index contributed by atoms with van der Waals surface area (Å²) in [5.74, 6) is -3.17. The largest absolute Gasteiger partial charge is 0.510 e. The summed E-state index contributed by atoms with van der Waals surface area (Å²) in [7, 11) is 2.90. The van der Waals surface area contributed by atoms with Gasteiger partial charge in [0, 0.05) is 68.7 Å². The van der Waals surface area contributed by atoms with E-state index < -0.39 is 42.3 Å². The maximum absolute atomic E-state index is 10.8. The van der Waals surface area contributed by atoms with Gasteiger partial charge in [-0.15, -0.1) is 0 Å². The van der Waals surface area contributed by atoms with Gasteiger partial charge in [0.15, 0.2) is 18.3 Å². The van der Waals surface area contributed by atoms with Crippen molar-refractivity contribution >= 4 is 46.3 Å². The van der Waals surface area contributed by atoms with Crippen LogP contribution in [-0.2, 0) is 46.2 Å². The first kappa shape index (κ1) is 58.4. The van der Waals surface area contributed by atoms with Crippen molar-refractivity contribution in [1.82, 2.24) is 0 Å². The minimum Gasteiger partial charge on any atom is -0.510 e. The molecule has 68 heavy (non-hydrogen) atoms. The lowest BCUT2D eigenvalue weighted by Gasteiger charge is -2.13. The Balaban J connectivity index is 0.000000425. The summed E-state index contributed by atoms with van der Waals surface area (Å²) in [6.45, 7) is 10.9. The van der Waals surface area contributed by atoms with E-state index in [1.165, 1.54) is 7.11 Å². The molecule has 0 aromatic heterocycles. The summed E-state index contributed by atoms with van der Waals surface area (Å²) in [5.41, 5.74) is 34.4. The number of benzene rings is 5. The number of methoxy groups -OCH3 is 2. The van der Waals surface area contributed by atoms with Crippen LogP contribution >= 0.6 is 0 Å². The molecule has 0 heterocycles. The van der Waals surface area contributed by atoms with E-state index in [0.717, 1.165) is 16.8 Å². The SMILES string of the molecule is C=C(O)C(Cc1ccc(N)cc1)OC.C=C(O)C(O)Cc1cccc(N)c1.CCOC(C(=O)O)c1ccc(N)cc1.CCOC(C(=O)O)c1cccc(N)c1.COC(C(=O)O)c1ccc(N)cc1. The van der Waals surface area contributed by atoms with Crippen molar-refractivity contribution in [1.29, 1.82) is 0 Å². The van der Waals surface area contributed by atoms with Crippen molar-refractivity contribution in [2.75, 3.05) is 56.1 Å². The molecular weight excluding hydrogens is 879 g/mol. The van der Waals surface area contributed by atoms with E-state index in [9.17, 15) is 24.6 Å². The van der Waals surface area contributed by atoms with Crippen LogP contribution in [-0.4, -0.2) is 88.2 Å². The zero-order valence-electron chi connectivity index (χ0n) is 38.6. The summed E-state index contributed by atoms with van der Waals surface area (Å²) >= 11 is 0. The quantitative estimate of drug-likeness (QED) is 0.0310. The molecule has 0 bridgehead atoms. The van der Waals surface area contributed by atoms with Gasteiger partial charge in [0.1, 0.15) is 23.7 Å². The maximum Gasteiger partial charge on any atom is 0.337 e. The highest BCUT2D eigenvalue weighted by molar-refractivity contribution is 5.75. The Bertz CT molecular complexity index is 2290. The molecule has 0 radical (unpaired) electrons. The number of carbonyl (C=O) groups is 3. The number of aliphatic hydroxyl groups excluding tert-OH is 3. The van der Waals surface area contributed by atoms with Crippen molar-refractivity contribution in [2.24, 2.45) is 0 Å². The molecular formula is C50H65N5O13. The smallest absolute Gasteiger partial charge is 0.337 e. The van der Waals surface area contributed by atoms with Gasteiger partial charge in [-0.1, -0.05) is 73.8 Å². The Morgan fingerprint density at radius 2 is 0.897 bits per heavy atom. The van der Waals surface area contributed by atoms with Gasteiger partial charge in [-0.05, 0) is 102 Å². The zero-order chi connectivity index (χ0) is 51.3. The van der Waals surface area contributed by atoms with Crippen LogP contribution in [0, 0.1) is 0 Å². The summed E-state index contributed by atoms with van der Waals surface area (Å²) in [4.78, 5) is 32.3. The van der Waals surface area contributed by atoms with Gasteiger partial charge < -0.3 is 78.3 Å². The third kappa shape index (κ3) is 22.5. The summed E-state index contributed by atoms with van der Waals surface area (Å²) in [5, 5.41) is 53.8. The van der Waals surface area contributed by atoms with E-state index in [2.05, 4.69) is 13.2 Å². The van der Waals surface area contributed by atoms with Crippen molar-refractivity contribution < 1.29 is 64.0 Å². The molecule has 368 valence electrons. The van der Waals surface area contributed by atoms with E-state index in [4.69, 9.17) is 68.0 Å². The molecule has 5 rings (SSSR count). The van der Waals surface area contributed by atoms with Crippen LogP contribution in [0.2, 0.25) is 0 Å². The number of aliphatic hydroxyl groups is 3. The molecule has 5 atom stereocenters. The summed E-state index contributed by atoms with van der Waals surface area (Å²) in [6, 6.07) is 34.5. The lowest BCUT2D eigenvalue weighted by molar-refractivity contribution is -0.151. The van der Waals surface area contributed by atoms with Crippen molar-refractivity contribution in [3.63, 3.8) is 0 Å². The molecule has 0 aliphatic heterocycles. The molecule has 0 saturated carbocycles. The average Bonchev–Trinajstić information content (AvgIpc) is 3.29. The highest BCUT2D eigenvalue weighted by Gasteiger charge is 2.21. The van der Waals surface area contributed by atoms with E-state index in [-0.39, 0.29) is 17.6 Å². The topological polar surface area (TPSA) is 340 Å². The fraction of sp³-hybridized carbons (Fsp3) is 0.260. The fourth-order valence-corrected chi connectivity index (χ4v) is 5.66. The first-order valence-electron chi connectivity index (χ1n) is 20.8. The molecule has 16 N–H and O–H groups in total. The number of hydrogen-bond acceptors (Lipinski definition) is 15. The van der Waals surface area contributed by atoms with Crippen molar-refractivity contribution in [3.8, 4) is 0 Å². The molecule has 0 amide bonds. The second-order valence-electron chi connectivity index (χ2n) is 14.4. The number of anilines is 5. The Kier molecular flexibility index (Phi) is 26.9. The number of aliphatic carboxylic acids is 3. The van der Waals surface area contributed by atoms with Crippen LogP contribution in [0.5, 0.6) is 0 Å². The summed E-state index contributed by atoms with van der Waals surface area (Å²) < 4.78 is 20.0. The van der Waals surface area contributed by atoms with Crippen LogP contribution in [0.25, 0.3) is 0 Å². The third-order valence-electron chi connectivity index (χ3n) is 9.09. The molecule has 5 unspecified atom stereocenters. The zero-order valence-corrected chi connectivity index (χ0v) is 38.6. The van der Waals surface area contributed by atoms with E-state index in [1.54, 1.807) is 112 Å². The minimum atomic E-state index is -1.01. The molecule has 5 aromatic rings. The van der Waals surface area contributed by atoms with Gasteiger partial charge >= 0.3 is 17.9 Å². The van der Waals surface area contributed by atoms with Crippen molar-refractivity contribution in [3.05, 3.63) is 174 Å². The summed E-state index contributed by atoms with van der Waals surface area (Å²) in [6.07, 6.45) is -3.07. The Morgan fingerprint density at radius 1 is 0.485 bits per heavy atom. The predicted octanol–water partition coefficient (Wildman–Crippen LogP) is 7.04. The Labute approximate surface area is 396 Å². The highest BCUT2D eigenvalue weighted by atomic mass is 16.5. The number of rotatable bonds is 18. The molecule has 18 nitrogen and oxygen atoms in total. The van der Waals surface area contributed by atoms with Gasteiger partial charge in [0.05, 0.1) is 0 Å². The fourth-order valence-electron chi connectivity index (χ4n) is 5.66. The van der Waals surface area contributed by atoms with Crippen LogP contribution in [0.15, 0.2) is 146 Å². The monoisotopic (exact) mass is 943 g/mol. The van der Waals surface area contributed by atoms with Crippen LogP contribution in [0.3, 0.4) is 0 Å². The predicted molar refractivity (Wildman–Crippen MR) is 263 cm³/mol. The second-order valence-corrected chi connectivity index (χ2v) is 14.4. The molecule has 0 aliphatic carbocycles. The van der Waals surface area contributed by atoms with Gasteiger partial charge in [-0.25, -0.2) is 14.4 Å². The van der Waals surface area contributed by atoms with Crippen LogP contribution in [0.1, 0.15) is 60.0 Å². The lowest BCUT2D eigenvalue weighted by atomic mass is 10.1. The van der Waals surface area contributed by atoms with E-state index >= 15 is 0 Å². The Hall–Kier alpha value is -7.61. The molecule has 0 spiro atoms. The molecule has 0 saturated heterocycles. The van der Waals surface area contributed by atoms with Crippen LogP contribution in [0.4, 0.5) is 28.4 Å². The third-order valence-corrected chi connectivity index (χ3v) is 9.09. The number of carboxylic acid groups (broad SMARTS) is 3. The van der Waals surface area contributed by atoms with Gasteiger partial charge in [-0.3, -0.25) is 0 Å². The molecule has 5 aromatic carbocycles. The minimum absolute atomic E-state index is 0.0457.